The highest BCUT2D eigenvalue weighted by atomic mass is 32.1. The van der Waals surface area contributed by atoms with Crippen LogP contribution in [-0.4, -0.2) is 36.7 Å². The molecule has 5 nitrogen and oxygen atoms in total. The van der Waals surface area contributed by atoms with Crippen molar-refractivity contribution in [2.24, 2.45) is 0 Å². The number of nitrogens with one attached hydrogen (secondary N) is 2. The Balaban J connectivity index is 1.47. The van der Waals surface area contributed by atoms with Gasteiger partial charge < -0.3 is 10.1 Å². The van der Waals surface area contributed by atoms with Crippen LogP contribution in [0.2, 0.25) is 0 Å². The number of fused-ring (bicyclic) bond motifs is 1. The summed E-state index contributed by atoms with van der Waals surface area (Å²) in [6.07, 6.45) is 4.47. The molecule has 1 fully saturated rings. The number of aryl methyl sites for hydroxylation is 1. The smallest absolute Gasteiger partial charge is 0.258 e. The first-order valence-electron chi connectivity index (χ1n) is 9.31. The van der Waals surface area contributed by atoms with E-state index in [0.29, 0.717) is 23.9 Å². The van der Waals surface area contributed by atoms with E-state index in [9.17, 15) is 4.79 Å². The van der Waals surface area contributed by atoms with Crippen molar-refractivity contribution in [2.45, 2.75) is 43.6 Å². The van der Waals surface area contributed by atoms with E-state index in [1.54, 1.807) is 18.4 Å². The molecular weight excluding hydrogens is 346 g/mol. The molecule has 1 amide bonds. The number of aromatic nitrogens is 1. The Bertz CT molecular complexity index is 769. The van der Waals surface area contributed by atoms with Crippen LogP contribution in [0.4, 0.5) is 5.13 Å². The molecule has 2 aromatic rings. The molecule has 1 unspecified atom stereocenters. The van der Waals surface area contributed by atoms with Gasteiger partial charge in [-0.2, -0.15) is 0 Å². The number of carbonyl (C=O) groups excluding carboxylic acids is 1. The lowest BCUT2D eigenvalue weighted by molar-refractivity contribution is -0.140. The summed E-state index contributed by atoms with van der Waals surface area (Å²) < 4.78 is 5.61. The number of anilines is 1. The summed E-state index contributed by atoms with van der Waals surface area (Å²) in [5.41, 5.74) is 1.81. The van der Waals surface area contributed by atoms with Gasteiger partial charge in [-0.1, -0.05) is 30.3 Å². The number of rotatable bonds is 4. The first-order chi connectivity index (χ1) is 12.7. The van der Waals surface area contributed by atoms with Gasteiger partial charge in [-0.15, -0.1) is 11.3 Å². The predicted molar refractivity (Wildman–Crippen MR) is 104 cm³/mol. The summed E-state index contributed by atoms with van der Waals surface area (Å²) in [6.45, 7) is 1.60. The summed E-state index contributed by atoms with van der Waals surface area (Å²) in [5.74, 6) is 0.481. The first-order valence-corrected chi connectivity index (χ1v) is 10.1. The van der Waals surface area contributed by atoms with E-state index in [4.69, 9.17) is 9.72 Å². The zero-order valence-corrected chi connectivity index (χ0v) is 15.9. The van der Waals surface area contributed by atoms with E-state index in [1.807, 2.05) is 0 Å². The average molecular weight is 372 g/mol. The lowest BCUT2D eigenvalue weighted by Crippen LogP contribution is -2.51. The first kappa shape index (κ1) is 17.6. The zero-order valence-electron chi connectivity index (χ0n) is 15.1. The summed E-state index contributed by atoms with van der Waals surface area (Å²) >= 11 is 1.62. The van der Waals surface area contributed by atoms with E-state index in [1.165, 1.54) is 10.4 Å². The molecule has 0 saturated carbocycles. The second kappa shape index (κ2) is 7.47. The quantitative estimate of drug-likeness (QED) is 0.867. The topological polar surface area (TPSA) is 63.2 Å². The average Bonchev–Trinajstić information content (AvgIpc) is 3.10. The number of benzene rings is 1. The number of nitrogens with zero attached hydrogens (tertiary/aromatic N) is 1. The van der Waals surface area contributed by atoms with Gasteiger partial charge in [0.25, 0.3) is 5.91 Å². The van der Waals surface area contributed by atoms with Gasteiger partial charge in [-0.3, -0.25) is 10.1 Å². The highest BCUT2D eigenvalue weighted by molar-refractivity contribution is 7.15. The molecule has 0 radical (unpaired) electrons. The van der Waals surface area contributed by atoms with Crippen LogP contribution in [0.25, 0.3) is 0 Å². The third-order valence-electron chi connectivity index (χ3n) is 5.65. The van der Waals surface area contributed by atoms with Gasteiger partial charge >= 0.3 is 0 Å². The fourth-order valence-corrected chi connectivity index (χ4v) is 5.09. The second-order valence-corrected chi connectivity index (χ2v) is 8.23. The third-order valence-corrected chi connectivity index (χ3v) is 6.68. The number of piperidine rings is 1. The molecule has 138 valence electrons. The van der Waals surface area contributed by atoms with Crippen LogP contribution < -0.4 is 10.6 Å². The van der Waals surface area contributed by atoms with Gasteiger partial charge in [0.05, 0.1) is 5.69 Å². The lowest BCUT2D eigenvalue weighted by atomic mass is 9.85. The number of thiazole rings is 1. The molecule has 0 bridgehead atoms. The third kappa shape index (κ3) is 3.41. The number of hydrogen-bond donors (Lipinski definition) is 2. The van der Waals surface area contributed by atoms with Gasteiger partial charge in [0, 0.05) is 12.0 Å². The highest BCUT2D eigenvalue weighted by Gasteiger charge is 2.40. The van der Waals surface area contributed by atoms with E-state index < -0.39 is 5.60 Å². The maximum Gasteiger partial charge on any atom is 0.258 e. The van der Waals surface area contributed by atoms with Crippen molar-refractivity contribution in [3.05, 3.63) is 46.5 Å². The Morgan fingerprint density at radius 3 is 2.81 bits per heavy atom. The van der Waals surface area contributed by atoms with Crippen molar-refractivity contribution in [3.63, 3.8) is 0 Å². The Labute approximate surface area is 158 Å². The molecule has 1 aromatic heterocycles. The molecule has 1 atom stereocenters. The number of amides is 1. The monoisotopic (exact) mass is 371 g/mol. The molecule has 1 aromatic carbocycles. The summed E-state index contributed by atoms with van der Waals surface area (Å²) in [4.78, 5) is 18.8. The molecule has 2 N–H and O–H groups in total. The Morgan fingerprint density at radius 2 is 2.08 bits per heavy atom. The number of ether oxygens (including phenoxy) is 1. The fourth-order valence-electron chi connectivity index (χ4n) is 4.00. The number of methoxy groups -OCH3 is 1. The number of hydrogen-bond acceptors (Lipinski definition) is 5. The van der Waals surface area contributed by atoms with Crippen LogP contribution in [0.15, 0.2) is 30.3 Å². The van der Waals surface area contributed by atoms with Crippen molar-refractivity contribution in [2.75, 3.05) is 25.5 Å². The maximum absolute atomic E-state index is 12.8. The zero-order chi connectivity index (χ0) is 18.0. The van der Waals surface area contributed by atoms with Crippen LogP contribution in [-0.2, 0) is 22.4 Å². The molecule has 1 saturated heterocycles. The van der Waals surface area contributed by atoms with Gasteiger partial charge in [-0.25, -0.2) is 4.98 Å². The van der Waals surface area contributed by atoms with Gasteiger partial charge in [0.2, 0.25) is 0 Å². The van der Waals surface area contributed by atoms with Crippen molar-refractivity contribution in [1.29, 1.82) is 0 Å². The van der Waals surface area contributed by atoms with Gasteiger partial charge in [0.1, 0.15) is 5.60 Å². The molecule has 1 aliphatic carbocycles. The molecule has 1 aliphatic heterocycles. The number of carbonyl (C=O) groups is 1. The highest BCUT2D eigenvalue weighted by Crippen LogP contribution is 2.37. The largest absolute Gasteiger partial charge is 0.368 e. The van der Waals surface area contributed by atoms with Crippen LogP contribution in [0.3, 0.4) is 0 Å². The Morgan fingerprint density at radius 1 is 1.31 bits per heavy atom. The molecule has 6 heteroatoms. The fraction of sp³-hybridized carbons (Fsp3) is 0.500. The maximum atomic E-state index is 12.8. The minimum Gasteiger partial charge on any atom is -0.368 e. The van der Waals surface area contributed by atoms with Crippen LogP contribution >= 0.6 is 11.3 Å². The molecular formula is C20H25N3O2S. The van der Waals surface area contributed by atoms with Crippen molar-refractivity contribution in [1.82, 2.24) is 10.3 Å². The van der Waals surface area contributed by atoms with Gasteiger partial charge in [-0.05, 0) is 56.7 Å². The molecule has 0 spiro atoms. The van der Waals surface area contributed by atoms with Crippen LogP contribution in [0.5, 0.6) is 0 Å². The minimum absolute atomic E-state index is 0.0628. The van der Waals surface area contributed by atoms with Gasteiger partial charge in [0.15, 0.2) is 5.13 Å². The van der Waals surface area contributed by atoms with Crippen molar-refractivity contribution in [3.8, 4) is 0 Å². The van der Waals surface area contributed by atoms with E-state index in [-0.39, 0.29) is 5.91 Å². The van der Waals surface area contributed by atoms with E-state index in [2.05, 4.69) is 41.0 Å². The lowest BCUT2D eigenvalue weighted by Gasteiger charge is -2.34. The molecule has 26 heavy (non-hydrogen) atoms. The predicted octanol–water partition coefficient (Wildman–Crippen LogP) is 3.12. The van der Waals surface area contributed by atoms with Crippen LogP contribution in [0, 0.1) is 0 Å². The summed E-state index contributed by atoms with van der Waals surface area (Å²) in [5, 5.41) is 7.02. The minimum atomic E-state index is -0.732. The normalized spacial score (nSPS) is 21.8. The Hall–Kier alpha value is -1.76. The molecule has 2 heterocycles. The van der Waals surface area contributed by atoms with Crippen LogP contribution in [0.1, 0.15) is 41.3 Å². The SMILES string of the molecule is COC1(C(=O)Nc2nc3c(s2)CC(c2ccccc2)CC3)CCNCC1. The molecule has 2 aliphatic rings. The second-order valence-electron chi connectivity index (χ2n) is 7.14. The van der Waals surface area contributed by atoms with Crippen molar-refractivity contribution < 1.29 is 9.53 Å². The van der Waals surface area contributed by atoms with E-state index >= 15 is 0 Å². The Kier molecular flexibility index (Phi) is 5.07. The molecule has 4 rings (SSSR count). The summed E-state index contributed by atoms with van der Waals surface area (Å²) in [7, 11) is 1.63. The summed E-state index contributed by atoms with van der Waals surface area (Å²) in [6, 6.07) is 10.7. The van der Waals surface area contributed by atoms with E-state index in [0.717, 1.165) is 38.0 Å². The standard InChI is InChI=1S/C20H25N3O2S/c1-25-20(9-11-21-12-10-20)18(24)23-19-22-16-8-7-15(13-17(16)26-19)14-5-3-2-4-6-14/h2-6,15,21H,7-13H2,1H3,(H,22,23,24). The van der Waals surface area contributed by atoms with Crippen molar-refractivity contribution >= 4 is 22.4 Å².